The minimum absolute atomic E-state index is 0.0330. The number of amides is 1. The quantitative estimate of drug-likeness (QED) is 0.927. The van der Waals surface area contributed by atoms with Gasteiger partial charge < -0.3 is 14.2 Å². The van der Waals surface area contributed by atoms with Crippen LogP contribution in [0.2, 0.25) is 0 Å². The predicted octanol–water partition coefficient (Wildman–Crippen LogP) is 1.98. The molecule has 2 heterocycles. The predicted molar refractivity (Wildman–Crippen MR) is 75.6 cm³/mol. The summed E-state index contributed by atoms with van der Waals surface area (Å²) >= 11 is 0. The molecule has 0 spiro atoms. The van der Waals surface area contributed by atoms with Crippen LogP contribution >= 0.6 is 0 Å². The molecule has 1 aliphatic rings. The second-order valence-corrected chi connectivity index (χ2v) is 5.23. The second-order valence-electron chi connectivity index (χ2n) is 5.23. The third-order valence-corrected chi connectivity index (χ3v) is 3.68. The SMILES string of the molecule is CCc1nnc(CNC(=O)c2c(C)oc3c2C(=O)CCC3)o1. The number of carbonyl (C=O) groups is 2. The first-order valence-corrected chi connectivity index (χ1v) is 7.35. The summed E-state index contributed by atoms with van der Waals surface area (Å²) in [4.78, 5) is 24.4. The lowest BCUT2D eigenvalue weighted by molar-refractivity contribution is 0.0923. The van der Waals surface area contributed by atoms with E-state index in [1.165, 1.54) is 0 Å². The Morgan fingerprint density at radius 1 is 1.23 bits per heavy atom. The van der Waals surface area contributed by atoms with Gasteiger partial charge in [0, 0.05) is 19.3 Å². The van der Waals surface area contributed by atoms with Crippen LogP contribution in [0.3, 0.4) is 0 Å². The van der Waals surface area contributed by atoms with E-state index in [-0.39, 0.29) is 18.2 Å². The highest BCUT2D eigenvalue weighted by Gasteiger charge is 2.30. The van der Waals surface area contributed by atoms with Gasteiger partial charge in [-0.1, -0.05) is 6.92 Å². The van der Waals surface area contributed by atoms with Gasteiger partial charge in [-0.3, -0.25) is 9.59 Å². The van der Waals surface area contributed by atoms with Crippen LogP contribution in [0.4, 0.5) is 0 Å². The van der Waals surface area contributed by atoms with Crippen LogP contribution in [0, 0.1) is 6.92 Å². The maximum atomic E-state index is 12.4. The Labute approximate surface area is 127 Å². The van der Waals surface area contributed by atoms with Crippen molar-refractivity contribution in [2.75, 3.05) is 0 Å². The Hall–Kier alpha value is -2.44. The molecule has 7 nitrogen and oxygen atoms in total. The minimum atomic E-state index is -0.353. The average Bonchev–Trinajstić information content (AvgIpc) is 3.09. The third-order valence-electron chi connectivity index (χ3n) is 3.68. The number of rotatable bonds is 4. The van der Waals surface area contributed by atoms with Crippen molar-refractivity contribution in [2.45, 2.75) is 46.1 Å². The average molecular weight is 303 g/mol. The number of furan rings is 1. The zero-order chi connectivity index (χ0) is 15.7. The maximum absolute atomic E-state index is 12.4. The topological polar surface area (TPSA) is 98.2 Å². The number of aromatic nitrogens is 2. The molecule has 116 valence electrons. The van der Waals surface area contributed by atoms with E-state index in [4.69, 9.17) is 8.83 Å². The van der Waals surface area contributed by atoms with Gasteiger partial charge in [-0.25, -0.2) is 0 Å². The van der Waals surface area contributed by atoms with Crippen molar-refractivity contribution in [1.82, 2.24) is 15.5 Å². The molecule has 7 heteroatoms. The van der Waals surface area contributed by atoms with Crippen LogP contribution in [0.15, 0.2) is 8.83 Å². The standard InChI is InChI=1S/C15H17N3O4/c1-3-11-17-18-12(22-11)7-16-15(20)13-8(2)21-10-6-4-5-9(19)14(10)13/h3-7H2,1-2H3,(H,16,20). The Balaban J connectivity index is 1.78. The first kappa shape index (κ1) is 14.5. The largest absolute Gasteiger partial charge is 0.465 e. The number of nitrogens with zero attached hydrogens (tertiary/aromatic N) is 2. The minimum Gasteiger partial charge on any atom is -0.465 e. The van der Waals surface area contributed by atoms with E-state index in [0.717, 1.165) is 6.42 Å². The lowest BCUT2D eigenvalue weighted by Gasteiger charge is -2.09. The van der Waals surface area contributed by atoms with E-state index >= 15 is 0 Å². The van der Waals surface area contributed by atoms with Crippen LogP contribution in [0.1, 0.15) is 63.8 Å². The summed E-state index contributed by atoms with van der Waals surface area (Å²) in [6.07, 6.45) is 2.56. The number of nitrogens with one attached hydrogen (secondary N) is 1. The summed E-state index contributed by atoms with van der Waals surface area (Å²) in [5.41, 5.74) is 0.760. The highest BCUT2D eigenvalue weighted by molar-refractivity contribution is 6.09. The molecule has 0 fully saturated rings. The van der Waals surface area contributed by atoms with Crippen LogP contribution in [-0.2, 0) is 19.4 Å². The number of hydrogen-bond donors (Lipinski definition) is 1. The first-order valence-electron chi connectivity index (χ1n) is 7.35. The molecule has 0 aliphatic heterocycles. The van der Waals surface area contributed by atoms with Crippen molar-refractivity contribution in [3.63, 3.8) is 0 Å². The first-order chi connectivity index (χ1) is 10.6. The molecule has 0 saturated carbocycles. The van der Waals surface area contributed by atoms with Crippen LogP contribution in [0.5, 0.6) is 0 Å². The smallest absolute Gasteiger partial charge is 0.256 e. The van der Waals surface area contributed by atoms with Gasteiger partial charge >= 0.3 is 0 Å². The molecule has 1 N–H and O–H groups in total. The van der Waals surface area contributed by atoms with Crippen LogP contribution in [0.25, 0.3) is 0 Å². The molecule has 2 aromatic heterocycles. The van der Waals surface area contributed by atoms with Gasteiger partial charge in [0.1, 0.15) is 11.5 Å². The van der Waals surface area contributed by atoms with E-state index < -0.39 is 0 Å². The molecule has 0 bridgehead atoms. The van der Waals surface area contributed by atoms with Gasteiger partial charge in [0.2, 0.25) is 11.8 Å². The van der Waals surface area contributed by atoms with Crippen LogP contribution in [-0.4, -0.2) is 21.9 Å². The summed E-state index contributed by atoms with van der Waals surface area (Å²) in [6, 6.07) is 0. The van der Waals surface area contributed by atoms with E-state index in [9.17, 15) is 9.59 Å². The monoisotopic (exact) mass is 303 g/mol. The number of ketones is 1. The highest BCUT2D eigenvalue weighted by Crippen LogP contribution is 2.29. The van der Waals surface area contributed by atoms with Gasteiger partial charge in [-0.2, -0.15) is 0 Å². The van der Waals surface area contributed by atoms with Crippen molar-refractivity contribution in [2.24, 2.45) is 0 Å². The van der Waals surface area contributed by atoms with Crippen molar-refractivity contribution >= 4 is 11.7 Å². The summed E-state index contributed by atoms with van der Waals surface area (Å²) in [5.74, 6) is 1.56. The molecule has 1 amide bonds. The molecule has 3 rings (SSSR count). The van der Waals surface area contributed by atoms with E-state index in [1.807, 2.05) is 6.92 Å². The molecule has 22 heavy (non-hydrogen) atoms. The Morgan fingerprint density at radius 3 is 2.73 bits per heavy atom. The second kappa shape index (κ2) is 5.75. The van der Waals surface area contributed by atoms with Crippen molar-refractivity contribution < 1.29 is 18.4 Å². The fraction of sp³-hybridized carbons (Fsp3) is 0.467. The summed E-state index contributed by atoms with van der Waals surface area (Å²) in [6.45, 7) is 3.73. The summed E-state index contributed by atoms with van der Waals surface area (Å²) in [7, 11) is 0. The van der Waals surface area contributed by atoms with E-state index in [2.05, 4.69) is 15.5 Å². The lowest BCUT2D eigenvalue weighted by Crippen LogP contribution is -2.26. The van der Waals surface area contributed by atoms with E-state index in [0.29, 0.717) is 53.7 Å². The zero-order valence-electron chi connectivity index (χ0n) is 12.6. The van der Waals surface area contributed by atoms with Gasteiger partial charge in [0.25, 0.3) is 5.91 Å². The Morgan fingerprint density at radius 2 is 2.00 bits per heavy atom. The molecule has 0 aromatic carbocycles. The number of fused-ring (bicyclic) bond motifs is 1. The highest BCUT2D eigenvalue weighted by atomic mass is 16.4. The van der Waals surface area contributed by atoms with Crippen molar-refractivity contribution in [3.8, 4) is 0 Å². The number of Topliss-reactive ketones (excluding diaryl/α,β-unsaturated/α-hetero) is 1. The lowest BCUT2D eigenvalue weighted by atomic mass is 9.93. The molecule has 0 unspecified atom stereocenters. The third kappa shape index (κ3) is 2.54. The molecule has 0 atom stereocenters. The van der Waals surface area contributed by atoms with Gasteiger partial charge in [0.15, 0.2) is 5.78 Å². The Bertz CT molecular complexity index is 729. The Kier molecular flexibility index (Phi) is 3.79. The van der Waals surface area contributed by atoms with Gasteiger partial charge in [-0.05, 0) is 13.3 Å². The fourth-order valence-corrected chi connectivity index (χ4v) is 2.63. The molecule has 2 aromatic rings. The number of carbonyl (C=O) groups excluding carboxylic acids is 2. The van der Waals surface area contributed by atoms with Crippen molar-refractivity contribution in [1.29, 1.82) is 0 Å². The molecular formula is C15H17N3O4. The molecule has 1 aliphatic carbocycles. The summed E-state index contributed by atoms with van der Waals surface area (Å²) in [5, 5.41) is 10.4. The normalized spacial score (nSPS) is 14.0. The van der Waals surface area contributed by atoms with Gasteiger partial charge in [0.05, 0.1) is 17.7 Å². The van der Waals surface area contributed by atoms with Crippen LogP contribution < -0.4 is 5.32 Å². The van der Waals surface area contributed by atoms with Crippen molar-refractivity contribution in [3.05, 3.63) is 34.4 Å². The number of hydrogen-bond acceptors (Lipinski definition) is 6. The molecular weight excluding hydrogens is 286 g/mol. The number of aryl methyl sites for hydroxylation is 3. The van der Waals surface area contributed by atoms with Gasteiger partial charge in [-0.15, -0.1) is 10.2 Å². The molecule has 0 saturated heterocycles. The molecule has 0 radical (unpaired) electrons. The van der Waals surface area contributed by atoms with E-state index in [1.54, 1.807) is 6.92 Å². The maximum Gasteiger partial charge on any atom is 0.256 e. The fourth-order valence-electron chi connectivity index (χ4n) is 2.63. The summed E-state index contributed by atoms with van der Waals surface area (Å²) < 4.78 is 10.9. The zero-order valence-corrected chi connectivity index (χ0v) is 12.6.